The monoisotopic (exact) mass is 357 g/mol. The fraction of sp³-hybridized carbons (Fsp3) is 0.647. The van der Waals surface area contributed by atoms with E-state index in [2.05, 4.69) is 35.1 Å². The summed E-state index contributed by atoms with van der Waals surface area (Å²) in [5, 5.41) is 13.7. The number of ether oxygens (including phenoxy) is 1. The first-order valence-electron chi connectivity index (χ1n) is 7.74. The van der Waals surface area contributed by atoms with Gasteiger partial charge in [0.2, 0.25) is 0 Å². The van der Waals surface area contributed by atoms with Gasteiger partial charge in [-0.3, -0.25) is 0 Å². The van der Waals surface area contributed by atoms with Crippen molar-refractivity contribution in [1.29, 1.82) is 0 Å². The Morgan fingerprint density at radius 2 is 1.95 bits per heavy atom. The molecular formula is C17H28BrNO2. The zero-order valence-corrected chi connectivity index (χ0v) is 15.2. The summed E-state index contributed by atoms with van der Waals surface area (Å²) in [5.41, 5.74) is 0.438. The maximum absolute atomic E-state index is 10.3. The Labute approximate surface area is 137 Å². The van der Waals surface area contributed by atoms with Crippen LogP contribution < -0.4 is 10.1 Å². The highest BCUT2D eigenvalue weighted by atomic mass is 79.9. The third-order valence-electron chi connectivity index (χ3n) is 3.71. The van der Waals surface area contributed by atoms with Crippen LogP contribution in [0.2, 0.25) is 0 Å². The first-order valence-corrected chi connectivity index (χ1v) is 8.53. The van der Waals surface area contributed by atoms with Gasteiger partial charge in [-0.15, -0.1) is 0 Å². The summed E-state index contributed by atoms with van der Waals surface area (Å²) >= 11 is 3.57. The van der Waals surface area contributed by atoms with E-state index in [0.717, 1.165) is 23.3 Å². The number of aliphatic hydroxyl groups is 1. The quantitative estimate of drug-likeness (QED) is 0.698. The maximum Gasteiger partial charge on any atom is 0.119 e. The molecule has 4 heteroatoms. The molecule has 0 unspecified atom stereocenters. The van der Waals surface area contributed by atoms with Crippen LogP contribution in [0.5, 0.6) is 5.75 Å². The molecule has 1 aromatic rings. The summed E-state index contributed by atoms with van der Waals surface area (Å²) in [6.07, 6.45) is 1.39. The van der Waals surface area contributed by atoms with E-state index >= 15 is 0 Å². The number of benzene rings is 1. The largest absolute Gasteiger partial charge is 0.491 e. The second-order valence-corrected chi connectivity index (χ2v) is 6.85. The number of hydrogen-bond acceptors (Lipinski definition) is 3. The van der Waals surface area contributed by atoms with E-state index in [1.54, 1.807) is 0 Å². The van der Waals surface area contributed by atoms with E-state index in [1.165, 1.54) is 5.56 Å². The zero-order chi connectivity index (χ0) is 15.9. The fourth-order valence-corrected chi connectivity index (χ4v) is 2.33. The Bertz CT molecular complexity index is 431. The van der Waals surface area contributed by atoms with Gasteiger partial charge in [0.25, 0.3) is 0 Å². The summed E-state index contributed by atoms with van der Waals surface area (Å²) in [5.74, 6) is 1.44. The van der Waals surface area contributed by atoms with Crippen molar-refractivity contribution < 1.29 is 9.84 Å². The van der Waals surface area contributed by atoms with E-state index in [9.17, 15) is 5.11 Å². The minimum atomic E-state index is -0.733. The molecule has 0 aliphatic rings. The molecule has 0 saturated carbocycles. The van der Waals surface area contributed by atoms with Crippen molar-refractivity contribution in [3.8, 4) is 5.75 Å². The normalized spacial score (nSPS) is 12.0. The van der Waals surface area contributed by atoms with Crippen LogP contribution >= 0.6 is 15.9 Å². The summed E-state index contributed by atoms with van der Waals surface area (Å²) < 4.78 is 6.85. The van der Waals surface area contributed by atoms with Crippen molar-refractivity contribution in [1.82, 2.24) is 5.32 Å². The SMILES string of the molecule is CCC(O)(CC)COc1ccc(Br)c(CNCC(C)C)c1. The lowest BCUT2D eigenvalue weighted by Crippen LogP contribution is -2.34. The molecule has 21 heavy (non-hydrogen) atoms. The molecule has 120 valence electrons. The van der Waals surface area contributed by atoms with Gasteiger partial charge >= 0.3 is 0 Å². The van der Waals surface area contributed by atoms with Crippen LogP contribution in [0.15, 0.2) is 22.7 Å². The third kappa shape index (κ3) is 6.37. The van der Waals surface area contributed by atoms with E-state index in [1.807, 2.05) is 32.0 Å². The highest BCUT2D eigenvalue weighted by Gasteiger charge is 2.23. The standard InChI is InChI=1S/C17H28BrNO2/c1-5-17(20,6-2)12-21-15-7-8-16(18)14(9-15)11-19-10-13(3)4/h7-9,13,19-20H,5-6,10-12H2,1-4H3. The molecule has 0 saturated heterocycles. The minimum absolute atomic E-state index is 0.334. The fourth-order valence-electron chi connectivity index (χ4n) is 1.94. The average Bonchev–Trinajstić information content (AvgIpc) is 2.47. The second kappa shape index (κ2) is 8.76. The Balaban J connectivity index is 2.64. The summed E-state index contributed by atoms with van der Waals surface area (Å²) in [7, 11) is 0. The van der Waals surface area contributed by atoms with Crippen LogP contribution in [0.4, 0.5) is 0 Å². The molecule has 2 N–H and O–H groups in total. The van der Waals surface area contributed by atoms with Crippen molar-refractivity contribution in [2.75, 3.05) is 13.2 Å². The molecular weight excluding hydrogens is 330 g/mol. The molecule has 1 rings (SSSR count). The predicted molar refractivity (Wildman–Crippen MR) is 91.7 cm³/mol. The molecule has 3 nitrogen and oxygen atoms in total. The molecule has 0 fully saturated rings. The van der Waals surface area contributed by atoms with Gasteiger partial charge in [0, 0.05) is 11.0 Å². The van der Waals surface area contributed by atoms with Gasteiger partial charge in [0.15, 0.2) is 0 Å². The van der Waals surface area contributed by atoms with E-state index < -0.39 is 5.60 Å². The number of halogens is 1. The lowest BCUT2D eigenvalue weighted by molar-refractivity contribution is -0.0113. The molecule has 0 bridgehead atoms. The van der Waals surface area contributed by atoms with Crippen molar-refractivity contribution in [3.05, 3.63) is 28.2 Å². The zero-order valence-electron chi connectivity index (χ0n) is 13.6. The lowest BCUT2D eigenvalue weighted by atomic mass is 9.99. The van der Waals surface area contributed by atoms with Gasteiger partial charge in [0.1, 0.15) is 12.4 Å². The van der Waals surface area contributed by atoms with E-state index in [0.29, 0.717) is 25.4 Å². The van der Waals surface area contributed by atoms with Crippen LogP contribution in [-0.4, -0.2) is 23.9 Å². The van der Waals surface area contributed by atoms with Gasteiger partial charge in [0.05, 0.1) is 5.60 Å². The van der Waals surface area contributed by atoms with E-state index in [-0.39, 0.29) is 0 Å². The number of rotatable bonds is 9. The minimum Gasteiger partial charge on any atom is -0.491 e. The highest BCUT2D eigenvalue weighted by molar-refractivity contribution is 9.10. The number of nitrogens with one attached hydrogen (secondary N) is 1. The van der Waals surface area contributed by atoms with Crippen LogP contribution in [-0.2, 0) is 6.54 Å². The predicted octanol–water partition coefficient (Wildman–Crippen LogP) is 4.12. The molecule has 1 aromatic carbocycles. The molecule has 0 heterocycles. The van der Waals surface area contributed by atoms with Crippen molar-refractivity contribution in [3.63, 3.8) is 0 Å². The van der Waals surface area contributed by atoms with Gasteiger partial charge < -0.3 is 15.2 Å². The molecule has 0 aliphatic carbocycles. The Morgan fingerprint density at radius 3 is 2.52 bits per heavy atom. The summed E-state index contributed by atoms with van der Waals surface area (Å²) in [6, 6.07) is 5.96. The topological polar surface area (TPSA) is 41.5 Å². The second-order valence-electron chi connectivity index (χ2n) is 6.00. The third-order valence-corrected chi connectivity index (χ3v) is 4.48. The van der Waals surface area contributed by atoms with Crippen molar-refractivity contribution in [2.24, 2.45) is 5.92 Å². The molecule has 0 atom stereocenters. The van der Waals surface area contributed by atoms with Crippen molar-refractivity contribution in [2.45, 2.75) is 52.7 Å². The average molecular weight is 358 g/mol. The van der Waals surface area contributed by atoms with Crippen LogP contribution in [0.1, 0.15) is 46.1 Å². The Hall–Kier alpha value is -0.580. The first-order chi connectivity index (χ1) is 9.90. The molecule has 0 aromatic heterocycles. The van der Waals surface area contributed by atoms with Gasteiger partial charge in [-0.1, -0.05) is 43.6 Å². The van der Waals surface area contributed by atoms with Gasteiger partial charge in [-0.05, 0) is 49.1 Å². The van der Waals surface area contributed by atoms with Crippen LogP contribution in [0, 0.1) is 5.92 Å². The maximum atomic E-state index is 10.3. The van der Waals surface area contributed by atoms with Gasteiger partial charge in [-0.2, -0.15) is 0 Å². The molecule has 0 amide bonds. The highest BCUT2D eigenvalue weighted by Crippen LogP contribution is 2.24. The molecule has 0 spiro atoms. The summed E-state index contributed by atoms with van der Waals surface area (Å²) in [6.45, 7) is 10.5. The van der Waals surface area contributed by atoms with E-state index in [4.69, 9.17) is 4.74 Å². The van der Waals surface area contributed by atoms with Gasteiger partial charge in [-0.25, -0.2) is 0 Å². The molecule has 0 aliphatic heterocycles. The Morgan fingerprint density at radius 1 is 1.29 bits per heavy atom. The van der Waals surface area contributed by atoms with Crippen molar-refractivity contribution >= 4 is 15.9 Å². The van der Waals surface area contributed by atoms with Crippen LogP contribution in [0.25, 0.3) is 0 Å². The summed E-state index contributed by atoms with van der Waals surface area (Å²) in [4.78, 5) is 0. The van der Waals surface area contributed by atoms with Crippen LogP contribution in [0.3, 0.4) is 0 Å². The smallest absolute Gasteiger partial charge is 0.119 e. The lowest BCUT2D eigenvalue weighted by Gasteiger charge is -2.25. The molecule has 0 radical (unpaired) electrons. The Kier molecular flexibility index (Phi) is 7.71. The number of hydrogen-bond donors (Lipinski definition) is 2. The first kappa shape index (κ1) is 18.5.